The minimum Gasteiger partial charge on any atom is -0.361 e. The number of anilines is 1. The van der Waals surface area contributed by atoms with Crippen LogP contribution in [0.5, 0.6) is 0 Å². The number of aryl methyl sites for hydroxylation is 2. The molecule has 0 aliphatic heterocycles. The molecule has 1 N–H and O–H groups in total. The fourth-order valence-electron chi connectivity index (χ4n) is 1.48. The molecule has 0 bridgehead atoms. The summed E-state index contributed by atoms with van der Waals surface area (Å²) in [5, 5.41) is 6.42. The van der Waals surface area contributed by atoms with Crippen molar-refractivity contribution in [3.05, 3.63) is 45.8 Å². The lowest BCUT2D eigenvalue weighted by Crippen LogP contribution is -2.12. The summed E-state index contributed by atoms with van der Waals surface area (Å²) in [6, 6.07) is 7.28. The average molecular weight is 295 g/mol. The molecule has 0 spiro atoms. The predicted octanol–water partition coefficient (Wildman–Crippen LogP) is 3.31. The Morgan fingerprint density at radius 2 is 2.06 bits per heavy atom. The van der Waals surface area contributed by atoms with Gasteiger partial charge in [-0.05, 0) is 37.6 Å². The first-order chi connectivity index (χ1) is 8.04. The Labute approximate surface area is 107 Å². The Balaban J connectivity index is 2.18. The van der Waals surface area contributed by atoms with Crippen LogP contribution in [-0.4, -0.2) is 11.1 Å². The first-order valence-corrected chi connectivity index (χ1v) is 5.86. The molecule has 88 valence electrons. The highest BCUT2D eigenvalue weighted by molar-refractivity contribution is 9.10. The highest BCUT2D eigenvalue weighted by atomic mass is 79.9. The number of carbonyl (C=O) groups is 1. The fourth-order valence-corrected chi connectivity index (χ4v) is 2.08. The molecular formula is C12H11BrN2O2. The Morgan fingerprint density at radius 3 is 2.65 bits per heavy atom. The van der Waals surface area contributed by atoms with Gasteiger partial charge in [-0.1, -0.05) is 21.1 Å². The second kappa shape index (κ2) is 4.71. The third-order valence-corrected chi connectivity index (χ3v) is 2.62. The van der Waals surface area contributed by atoms with Crippen LogP contribution in [0.4, 0.5) is 5.69 Å². The average Bonchev–Trinajstić information content (AvgIpc) is 2.63. The third kappa shape index (κ3) is 2.94. The quantitative estimate of drug-likeness (QED) is 0.924. The van der Waals surface area contributed by atoms with Crippen molar-refractivity contribution in [3.63, 3.8) is 0 Å². The van der Waals surface area contributed by atoms with Gasteiger partial charge in [0.05, 0.1) is 0 Å². The normalized spacial score (nSPS) is 10.3. The number of halogens is 1. The lowest BCUT2D eigenvalue weighted by molar-refractivity contribution is 0.101. The van der Waals surface area contributed by atoms with Gasteiger partial charge in [0.2, 0.25) is 0 Å². The number of aromatic nitrogens is 1. The molecule has 0 atom stereocenters. The summed E-state index contributed by atoms with van der Waals surface area (Å²) in [5.41, 5.74) is 2.06. The fraction of sp³-hybridized carbons (Fsp3) is 0.167. The van der Waals surface area contributed by atoms with Crippen molar-refractivity contribution in [2.24, 2.45) is 0 Å². The van der Waals surface area contributed by atoms with Crippen LogP contribution in [0.1, 0.15) is 21.8 Å². The molecule has 1 aromatic carbocycles. The second-order valence-corrected chi connectivity index (χ2v) is 4.71. The zero-order chi connectivity index (χ0) is 12.4. The van der Waals surface area contributed by atoms with Gasteiger partial charge in [-0.25, -0.2) is 0 Å². The molecule has 0 aliphatic rings. The number of carbonyl (C=O) groups excluding carboxylic acids is 1. The van der Waals surface area contributed by atoms with Crippen LogP contribution in [0.25, 0.3) is 0 Å². The van der Waals surface area contributed by atoms with E-state index in [1.807, 2.05) is 25.1 Å². The van der Waals surface area contributed by atoms with E-state index < -0.39 is 0 Å². The van der Waals surface area contributed by atoms with Crippen LogP contribution in [0.15, 0.2) is 33.3 Å². The largest absolute Gasteiger partial charge is 0.361 e. The number of rotatable bonds is 2. The number of amides is 1. The van der Waals surface area contributed by atoms with Crippen molar-refractivity contribution in [2.45, 2.75) is 13.8 Å². The Kier molecular flexibility index (Phi) is 3.28. The molecule has 5 heteroatoms. The van der Waals surface area contributed by atoms with Crippen molar-refractivity contribution in [2.75, 3.05) is 5.32 Å². The van der Waals surface area contributed by atoms with Crippen LogP contribution in [0, 0.1) is 13.8 Å². The Hall–Kier alpha value is -1.62. The van der Waals surface area contributed by atoms with Gasteiger partial charge < -0.3 is 9.84 Å². The number of nitrogens with zero attached hydrogens (tertiary/aromatic N) is 1. The van der Waals surface area contributed by atoms with Crippen LogP contribution in [0.2, 0.25) is 0 Å². The lowest BCUT2D eigenvalue weighted by atomic mass is 10.2. The summed E-state index contributed by atoms with van der Waals surface area (Å²) in [6.07, 6.45) is 0. The maximum absolute atomic E-state index is 11.8. The zero-order valence-corrected chi connectivity index (χ0v) is 11.0. The minimum absolute atomic E-state index is 0.278. The van der Waals surface area contributed by atoms with E-state index >= 15 is 0 Å². The SMILES string of the molecule is Cc1cc(Br)cc(NC(=O)c2cc(C)on2)c1. The Bertz CT molecular complexity index is 543. The first-order valence-electron chi connectivity index (χ1n) is 5.06. The predicted molar refractivity (Wildman–Crippen MR) is 68.1 cm³/mol. The molecule has 0 saturated carbocycles. The second-order valence-electron chi connectivity index (χ2n) is 3.79. The molecule has 17 heavy (non-hydrogen) atoms. The van der Waals surface area contributed by atoms with E-state index in [9.17, 15) is 4.79 Å². The molecule has 0 radical (unpaired) electrons. The monoisotopic (exact) mass is 294 g/mol. The maximum atomic E-state index is 11.8. The molecule has 4 nitrogen and oxygen atoms in total. The van der Waals surface area contributed by atoms with E-state index in [2.05, 4.69) is 26.4 Å². The van der Waals surface area contributed by atoms with Gasteiger partial charge in [-0.15, -0.1) is 0 Å². The number of nitrogens with one attached hydrogen (secondary N) is 1. The molecule has 1 aromatic heterocycles. The van der Waals surface area contributed by atoms with Crippen molar-refractivity contribution in [3.8, 4) is 0 Å². The molecule has 2 rings (SSSR count). The summed E-state index contributed by atoms with van der Waals surface area (Å²) in [4.78, 5) is 11.8. The summed E-state index contributed by atoms with van der Waals surface area (Å²) < 4.78 is 5.77. The topological polar surface area (TPSA) is 55.1 Å². The zero-order valence-electron chi connectivity index (χ0n) is 9.45. The summed E-state index contributed by atoms with van der Waals surface area (Å²) in [7, 11) is 0. The van der Waals surface area contributed by atoms with Crippen LogP contribution < -0.4 is 5.32 Å². The molecule has 2 aromatic rings. The van der Waals surface area contributed by atoms with Crippen LogP contribution in [-0.2, 0) is 0 Å². The highest BCUT2D eigenvalue weighted by Gasteiger charge is 2.11. The van der Waals surface area contributed by atoms with Crippen molar-refractivity contribution < 1.29 is 9.32 Å². The Morgan fingerprint density at radius 1 is 1.29 bits per heavy atom. The first kappa shape index (κ1) is 11.9. The number of hydrogen-bond donors (Lipinski definition) is 1. The molecule has 0 saturated heterocycles. The van der Waals surface area contributed by atoms with E-state index in [-0.39, 0.29) is 11.6 Å². The smallest absolute Gasteiger partial charge is 0.277 e. The molecular weight excluding hydrogens is 284 g/mol. The minimum atomic E-state index is -0.278. The van der Waals surface area contributed by atoms with Gasteiger partial charge in [-0.2, -0.15) is 0 Å². The summed E-state index contributed by atoms with van der Waals surface area (Å²) in [5.74, 6) is 0.333. The summed E-state index contributed by atoms with van der Waals surface area (Å²) >= 11 is 3.38. The van der Waals surface area contributed by atoms with Gasteiger partial charge in [0.25, 0.3) is 5.91 Å². The molecule has 1 amide bonds. The van der Waals surface area contributed by atoms with Gasteiger partial charge >= 0.3 is 0 Å². The van der Waals surface area contributed by atoms with E-state index in [0.29, 0.717) is 5.76 Å². The number of hydrogen-bond acceptors (Lipinski definition) is 3. The van der Waals surface area contributed by atoms with E-state index in [4.69, 9.17) is 4.52 Å². The van der Waals surface area contributed by atoms with E-state index in [0.717, 1.165) is 15.7 Å². The van der Waals surface area contributed by atoms with Crippen molar-refractivity contribution in [1.82, 2.24) is 5.16 Å². The van der Waals surface area contributed by atoms with Gasteiger partial charge in [0.15, 0.2) is 5.69 Å². The van der Waals surface area contributed by atoms with Crippen molar-refractivity contribution >= 4 is 27.5 Å². The van der Waals surface area contributed by atoms with E-state index in [1.165, 1.54) is 0 Å². The van der Waals surface area contributed by atoms with E-state index in [1.54, 1.807) is 13.0 Å². The highest BCUT2D eigenvalue weighted by Crippen LogP contribution is 2.19. The standard InChI is InChI=1S/C12H11BrN2O2/c1-7-3-9(13)6-10(4-7)14-12(16)11-5-8(2)17-15-11/h3-6H,1-2H3,(H,14,16). The van der Waals surface area contributed by atoms with Gasteiger partial charge in [-0.3, -0.25) is 4.79 Å². The van der Waals surface area contributed by atoms with Crippen LogP contribution >= 0.6 is 15.9 Å². The van der Waals surface area contributed by atoms with Gasteiger partial charge in [0, 0.05) is 16.2 Å². The summed E-state index contributed by atoms with van der Waals surface area (Å²) in [6.45, 7) is 3.70. The number of benzene rings is 1. The van der Waals surface area contributed by atoms with Crippen LogP contribution in [0.3, 0.4) is 0 Å². The molecule has 0 aliphatic carbocycles. The molecule has 0 fully saturated rings. The molecule has 0 unspecified atom stereocenters. The van der Waals surface area contributed by atoms with Crippen molar-refractivity contribution in [1.29, 1.82) is 0 Å². The molecule has 1 heterocycles. The van der Waals surface area contributed by atoms with Gasteiger partial charge in [0.1, 0.15) is 5.76 Å². The lowest BCUT2D eigenvalue weighted by Gasteiger charge is -2.04. The maximum Gasteiger partial charge on any atom is 0.277 e. The third-order valence-electron chi connectivity index (χ3n) is 2.16.